The van der Waals surface area contributed by atoms with Crippen LogP contribution in [0.5, 0.6) is 0 Å². The Morgan fingerprint density at radius 2 is 1.95 bits per heavy atom. The fourth-order valence-corrected chi connectivity index (χ4v) is 2.69. The van der Waals surface area contributed by atoms with Gasteiger partial charge in [0.15, 0.2) is 5.65 Å². The van der Waals surface area contributed by atoms with E-state index < -0.39 is 10.0 Å². The van der Waals surface area contributed by atoms with E-state index in [1.807, 2.05) is 0 Å². The predicted octanol–water partition coefficient (Wildman–Crippen LogP) is -0.00730. The first-order valence-corrected chi connectivity index (χ1v) is 7.46. The molecule has 0 saturated carbocycles. The van der Waals surface area contributed by atoms with Crippen molar-refractivity contribution in [2.75, 3.05) is 7.05 Å². The first-order chi connectivity index (χ1) is 10.0. The summed E-state index contributed by atoms with van der Waals surface area (Å²) in [6.45, 7) is 0. The molecule has 108 valence electrons. The minimum Gasteiger partial charge on any atom is -0.296 e. The number of aromatic nitrogens is 4. The van der Waals surface area contributed by atoms with Gasteiger partial charge in [0, 0.05) is 5.56 Å². The van der Waals surface area contributed by atoms with Crippen LogP contribution < -0.4 is 10.4 Å². The summed E-state index contributed by atoms with van der Waals surface area (Å²) in [7, 11) is -2.12. The van der Waals surface area contributed by atoms with E-state index in [0.29, 0.717) is 11.2 Å². The number of nitrogens with one attached hydrogen (secondary N) is 2. The number of hydrogen-bond donors (Lipinski definition) is 2. The van der Waals surface area contributed by atoms with Gasteiger partial charge >= 0.3 is 5.69 Å². The second-order valence-electron chi connectivity index (χ2n) is 4.23. The van der Waals surface area contributed by atoms with Crippen molar-refractivity contribution in [3.63, 3.8) is 0 Å². The van der Waals surface area contributed by atoms with Crippen molar-refractivity contribution >= 4 is 15.7 Å². The van der Waals surface area contributed by atoms with E-state index in [1.165, 1.54) is 31.7 Å². The van der Waals surface area contributed by atoms with Gasteiger partial charge in [-0.25, -0.2) is 22.9 Å². The maximum absolute atomic E-state index is 11.7. The zero-order chi connectivity index (χ0) is 15.0. The Bertz CT molecular complexity index is 956. The second-order valence-corrected chi connectivity index (χ2v) is 6.12. The molecule has 0 fully saturated rings. The highest BCUT2D eigenvalue weighted by atomic mass is 32.2. The smallest absolute Gasteiger partial charge is 0.296 e. The van der Waals surface area contributed by atoms with Gasteiger partial charge < -0.3 is 0 Å². The van der Waals surface area contributed by atoms with E-state index in [2.05, 4.69) is 19.8 Å². The minimum absolute atomic E-state index is 0.163. The number of rotatable bonds is 3. The molecule has 2 heterocycles. The van der Waals surface area contributed by atoms with Crippen molar-refractivity contribution in [2.45, 2.75) is 4.90 Å². The van der Waals surface area contributed by atoms with Crippen molar-refractivity contribution in [3.8, 4) is 11.1 Å². The van der Waals surface area contributed by atoms with Crippen molar-refractivity contribution in [1.82, 2.24) is 24.3 Å². The van der Waals surface area contributed by atoms with Gasteiger partial charge in [0.25, 0.3) is 0 Å². The zero-order valence-electron chi connectivity index (χ0n) is 10.9. The standard InChI is InChI=1S/C12H11N5O3S/c1-13-21(19,20)9-4-2-8(3-5-9)10-6-16-17-11(10)14-7-15-12(17)18/h2-7,13H,1H3,(H,14,15,18). The molecule has 0 radical (unpaired) electrons. The summed E-state index contributed by atoms with van der Waals surface area (Å²) in [6.07, 6.45) is 2.81. The molecule has 1 aromatic carbocycles. The topological polar surface area (TPSA) is 109 Å². The van der Waals surface area contributed by atoms with Crippen LogP contribution in [0, 0.1) is 0 Å². The van der Waals surface area contributed by atoms with Gasteiger partial charge in [-0.3, -0.25) is 4.98 Å². The van der Waals surface area contributed by atoms with Crippen LogP contribution in [0.1, 0.15) is 0 Å². The van der Waals surface area contributed by atoms with Crippen LogP contribution in [0.4, 0.5) is 0 Å². The summed E-state index contributed by atoms with van der Waals surface area (Å²) in [4.78, 5) is 18.2. The van der Waals surface area contributed by atoms with Crippen molar-refractivity contribution < 1.29 is 8.42 Å². The molecular weight excluding hydrogens is 294 g/mol. The molecule has 2 aromatic heterocycles. The second kappa shape index (κ2) is 4.79. The van der Waals surface area contributed by atoms with E-state index in [4.69, 9.17) is 0 Å². The van der Waals surface area contributed by atoms with Crippen LogP contribution in [-0.2, 0) is 10.0 Å². The van der Waals surface area contributed by atoms with Gasteiger partial charge in [-0.2, -0.15) is 9.61 Å². The Kier molecular flexibility index (Phi) is 3.07. The summed E-state index contributed by atoms with van der Waals surface area (Å²) in [5.74, 6) is 0. The number of fused-ring (bicyclic) bond motifs is 1. The molecule has 0 saturated heterocycles. The molecule has 3 aromatic rings. The quantitative estimate of drug-likeness (QED) is 0.707. The van der Waals surface area contributed by atoms with E-state index in [9.17, 15) is 13.2 Å². The third-order valence-electron chi connectivity index (χ3n) is 3.06. The Balaban J connectivity index is 2.12. The lowest BCUT2D eigenvalue weighted by Gasteiger charge is -2.03. The summed E-state index contributed by atoms with van der Waals surface area (Å²) in [5, 5.41) is 3.96. The fourth-order valence-electron chi connectivity index (χ4n) is 1.96. The van der Waals surface area contributed by atoms with Gasteiger partial charge in [0.2, 0.25) is 10.0 Å². The van der Waals surface area contributed by atoms with Gasteiger partial charge in [-0.15, -0.1) is 0 Å². The molecular formula is C12H11N5O3S. The molecule has 0 amide bonds. The normalized spacial score (nSPS) is 11.9. The summed E-state index contributed by atoms with van der Waals surface area (Å²) >= 11 is 0. The maximum Gasteiger partial charge on any atom is 0.349 e. The molecule has 3 rings (SSSR count). The molecule has 8 nitrogen and oxygen atoms in total. The number of hydrogen-bond acceptors (Lipinski definition) is 5. The van der Waals surface area contributed by atoms with Gasteiger partial charge in [-0.1, -0.05) is 12.1 Å². The molecule has 0 aliphatic rings. The first kappa shape index (κ1) is 13.5. The molecule has 0 atom stereocenters. The lowest BCUT2D eigenvalue weighted by molar-refractivity contribution is 0.588. The molecule has 0 spiro atoms. The Morgan fingerprint density at radius 3 is 2.62 bits per heavy atom. The van der Waals surface area contributed by atoms with E-state index in [-0.39, 0.29) is 10.6 Å². The molecule has 2 N–H and O–H groups in total. The van der Waals surface area contributed by atoms with Crippen LogP contribution in [0.15, 0.2) is 46.5 Å². The Hall–Kier alpha value is -2.52. The highest BCUT2D eigenvalue weighted by molar-refractivity contribution is 7.89. The molecule has 9 heteroatoms. The average molecular weight is 305 g/mol. The molecule has 0 aliphatic carbocycles. The fraction of sp³-hybridized carbons (Fsp3) is 0.0833. The maximum atomic E-state index is 11.7. The number of H-pyrrole nitrogens is 1. The number of benzene rings is 1. The summed E-state index contributed by atoms with van der Waals surface area (Å²) in [5.41, 5.74) is 1.39. The van der Waals surface area contributed by atoms with Gasteiger partial charge in [0.1, 0.15) is 0 Å². The Labute approximate surface area is 119 Å². The van der Waals surface area contributed by atoms with Crippen molar-refractivity contribution in [3.05, 3.63) is 47.3 Å². The lowest BCUT2D eigenvalue weighted by Crippen LogP contribution is -2.18. The number of nitrogens with zero attached hydrogens (tertiary/aromatic N) is 3. The van der Waals surface area contributed by atoms with Gasteiger partial charge in [-0.05, 0) is 24.7 Å². The predicted molar refractivity (Wildman–Crippen MR) is 75.3 cm³/mol. The van der Waals surface area contributed by atoms with E-state index in [1.54, 1.807) is 12.1 Å². The molecule has 0 aliphatic heterocycles. The average Bonchev–Trinajstić information content (AvgIpc) is 2.93. The van der Waals surface area contributed by atoms with Crippen LogP contribution in [0.2, 0.25) is 0 Å². The Morgan fingerprint density at radius 1 is 1.24 bits per heavy atom. The highest BCUT2D eigenvalue weighted by Gasteiger charge is 2.13. The van der Waals surface area contributed by atoms with E-state index in [0.717, 1.165) is 10.1 Å². The zero-order valence-corrected chi connectivity index (χ0v) is 11.8. The van der Waals surface area contributed by atoms with E-state index >= 15 is 0 Å². The lowest BCUT2D eigenvalue weighted by atomic mass is 10.1. The minimum atomic E-state index is -3.47. The third-order valence-corrected chi connectivity index (χ3v) is 4.49. The molecule has 0 bridgehead atoms. The number of sulfonamides is 1. The van der Waals surface area contributed by atoms with Crippen LogP contribution in [-0.4, -0.2) is 35.0 Å². The summed E-state index contributed by atoms with van der Waals surface area (Å²) in [6, 6.07) is 6.25. The monoisotopic (exact) mass is 305 g/mol. The van der Waals surface area contributed by atoms with Crippen molar-refractivity contribution in [1.29, 1.82) is 0 Å². The van der Waals surface area contributed by atoms with Crippen LogP contribution in [0.25, 0.3) is 16.8 Å². The third kappa shape index (κ3) is 2.22. The highest BCUT2D eigenvalue weighted by Crippen LogP contribution is 2.23. The first-order valence-electron chi connectivity index (χ1n) is 5.98. The van der Waals surface area contributed by atoms with Crippen LogP contribution >= 0.6 is 0 Å². The molecule has 21 heavy (non-hydrogen) atoms. The summed E-state index contributed by atoms with van der Waals surface area (Å²) < 4.78 is 26.7. The number of aromatic amines is 1. The largest absolute Gasteiger partial charge is 0.349 e. The SMILES string of the molecule is CNS(=O)(=O)c1ccc(-c2cnn3c(=O)[nH]cnc23)cc1. The molecule has 0 unspecified atom stereocenters. The van der Waals surface area contributed by atoms with Crippen LogP contribution in [0.3, 0.4) is 0 Å². The van der Waals surface area contributed by atoms with Gasteiger partial charge in [0.05, 0.1) is 17.4 Å². The van der Waals surface area contributed by atoms with Crippen molar-refractivity contribution in [2.24, 2.45) is 0 Å².